The summed E-state index contributed by atoms with van der Waals surface area (Å²) in [5, 5.41) is 13.8. The molecule has 0 bridgehead atoms. The van der Waals surface area contributed by atoms with Gasteiger partial charge in [-0.05, 0) is 53.6 Å². The van der Waals surface area contributed by atoms with E-state index in [2.05, 4.69) is 0 Å². The number of aliphatic hydroxyl groups is 1. The van der Waals surface area contributed by atoms with Crippen LogP contribution >= 0.6 is 11.6 Å². The van der Waals surface area contributed by atoms with E-state index in [1.54, 1.807) is 54.6 Å². The van der Waals surface area contributed by atoms with Crippen molar-refractivity contribution in [2.45, 2.75) is 13.0 Å². The summed E-state index contributed by atoms with van der Waals surface area (Å²) in [6.07, 6.45) is 0. The number of ether oxygens (including phenoxy) is 1. The zero-order valence-corrected chi connectivity index (χ0v) is 19.7. The largest absolute Gasteiger partial charge is 0.507 e. The van der Waals surface area contributed by atoms with Crippen LogP contribution in [0.15, 0.2) is 96.6 Å². The maximum atomic E-state index is 13.4. The van der Waals surface area contributed by atoms with Crippen molar-refractivity contribution in [1.82, 2.24) is 0 Å². The fourth-order valence-electron chi connectivity index (χ4n) is 4.44. The van der Waals surface area contributed by atoms with Crippen molar-refractivity contribution in [2.24, 2.45) is 0 Å². The SMILES string of the molecule is CCOc1cccc(N2C(=O)C(=O)/C(=C(\O)c3ccc4ccccc4c3)C2c2ccc(Cl)cc2)c1. The van der Waals surface area contributed by atoms with Crippen LogP contribution in [0, 0.1) is 0 Å². The third kappa shape index (κ3) is 4.15. The lowest BCUT2D eigenvalue weighted by molar-refractivity contribution is -0.132. The molecule has 0 spiro atoms. The summed E-state index contributed by atoms with van der Waals surface area (Å²) in [4.78, 5) is 28.1. The molecule has 0 aliphatic carbocycles. The zero-order valence-electron chi connectivity index (χ0n) is 18.9. The van der Waals surface area contributed by atoms with Crippen LogP contribution in [0.5, 0.6) is 5.75 Å². The highest BCUT2D eigenvalue weighted by molar-refractivity contribution is 6.51. The van der Waals surface area contributed by atoms with E-state index in [0.29, 0.717) is 34.2 Å². The van der Waals surface area contributed by atoms with E-state index >= 15 is 0 Å². The molecular weight excluding hydrogens is 462 g/mol. The number of carbonyl (C=O) groups is 2. The Labute approximate surface area is 207 Å². The first-order valence-electron chi connectivity index (χ1n) is 11.3. The first-order valence-corrected chi connectivity index (χ1v) is 11.6. The highest BCUT2D eigenvalue weighted by atomic mass is 35.5. The lowest BCUT2D eigenvalue weighted by Gasteiger charge is -2.26. The highest BCUT2D eigenvalue weighted by Crippen LogP contribution is 2.43. The Hall–Kier alpha value is -4.09. The molecule has 0 aromatic heterocycles. The van der Waals surface area contributed by atoms with Gasteiger partial charge in [0.05, 0.1) is 18.2 Å². The van der Waals surface area contributed by atoms with Crippen molar-refractivity contribution in [3.05, 3.63) is 113 Å². The van der Waals surface area contributed by atoms with Crippen LogP contribution in [0.1, 0.15) is 24.1 Å². The molecule has 1 N–H and O–H groups in total. The highest BCUT2D eigenvalue weighted by Gasteiger charge is 2.47. The smallest absolute Gasteiger partial charge is 0.300 e. The summed E-state index contributed by atoms with van der Waals surface area (Å²) >= 11 is 6.11. The average molecular weight is 484 g/mol. The Kier molecular flexibility index (Phi) is 6.01. The maximum Gasteiger partial charge on any atom is 0.300 e. The van der Waals surface area contributed by atoms with Crippen LogP contribution in [0.25, 0.3) is 16.5 Å². The number of carbonyl (C=O) groups excluding carboxylic acids is 2. The van der Waals surface area contributed by atoms with E-state index in [-0.39, 0.29) is 11.3 Å². The molecule has 1 aliphatic rings. The first kappa shape index (κ1) is 22.7. The Morgan fingerprint density at radius 3 is 2.40 bits per heavy atom. The van der Waals surface area contributed by atoms with Crippen molar-refractivity contribution in [3.8, 4) is 5.75 Å². The summed E-state index contributed by atoms with van der Waals surface area (Å²) in [6, 6.07) is 26.3. The molecule has 5 rings (SSSR count). The van der Waals surface area contributed by atoms with E-state index in [0.717, 1.165) is 10.8 Å². The fourth-order valence-corrected chi connectivity index (χ4v) is 4.57. The van der Waals surface area contributed by atoms with Crippen molar-refractivity contribution >= 4 is 45.5 Å². The number of aliphatic hydroxyl groups excluding tert-OH is 1. The van der Waals surface area contributed by atoms with Crippen LogP contribution in [0.2, 0.25) is 5.02 Å². The molecule has 4 aromatic rings. The van der Waals surface area contributed by atoms with Crippen LogP contribution in [0.4, 0.5) is 5.69 Å². The maximum absolute atomic E-state index is 13.4. The number of halogens is 1. The predicted molar refractivity (Wildman–Crippen MR) is 138 cm³/mol. The van der Waals surface area contributed by atoms with Gasteiger partial charge >= 0.3 is 0 Å². The van der Waals surface area contributed by atoms with Gasteiger partial charge in [-0.25, -0.2) is 0 Å². The van der Waals surface area contributed by atoms with Crippen molar-refractivity contribution in [2.75, 3.05) is 11.5 Å². The van der Waals surface area contributed by atoms with Gasteiger partial charge in [-0.1, -0.05) is 66.2 Å². The molecular formula is C29H22ClNO4. The second kappa shape index (κ2) is 9.28. The number of anilines is 1. The minimum atomic E-state index is -0.837. The third-order valence-corrected chi connectivity index (χ3v) is 6.31. The normalized spacial score (nSPS) is 17.2. The number of Topliss-reactive ketones (excluding diaryl/α,β-unsaturated/α-hetero) is 1. The minimum Gasteiger partial charge on any atom is -0.507 e. The average Bonchev–Trinajstić information content (AvgIpc) is 3.14. The topological polar surface area (TPSA) is 66.8 Å². The van der Waals surface area contributed by atoms with Gasteiger partial charge in [0.2, 0.25) is 0 Å². The molecule has 5 nitrogen and oxygen atoms in total. The summed E-state index contributed by atoms with van der Waals surface area (Å²) in [5.74, 6) is -1.12. The number of amides is 1. The molecule has 1 aliphatic heterocycles. The van der Waals surface area contributed by atoms with E-state index < -0.39 is 17.7 Å². The summed E-state index contributed by atoms with van der Waals surface area (Å²) in [6.45, 7) is 2.33. The number of fused-ring (bicyclic) bond motifs is 1. The molecule has 1 atom stereocenters. The van der Waals surface area contributed by atoms with E-state index in [1.165, 1.54) is 4.90 Å². The minimum absolute atomic E-state index is 0.0226. The first-order chi connectivity index (χ1) is 17.0. The molecule has 174 valence electrons. The molecule has 1 amide bonds. The molecule has 1 fully saturated rings. The quantitative estimate of drug-likeness (QED) is 0.199. The zero-order chi connectivity index (χ0) is 24.5. The monoisotopic (exact) mass is 483 g/mol. The summed E-state index contributed by atoms with van der Waals surface area (Å²) < 4.78 is 5.61. The Bertz CT molecular complexity index is 1480. The molecule has 0 saturated carbocycles. The second-order valence-electron chi connectivity index (χ2n) is 8.21. The van der Waals surface area contributed by atoms with Gasteiger partial charge in [0, 0.05) is 22.3 Å². The molecule has 1 unspecified atom stereocenters. The Balaban J connectivity index is 1.70. The van der Waals surface area contributed by atoms with E-state index in [1.807, 2.05) is 43.3 Å². The molecule has 1 saturated heterocycles. The molecule has 4 aromatic carbocycles. The number of nitrogens with zero attached hydrogens (tertiary/aromatic N) is 1. The molecule has 1 heterocycles. The van der Waals surface area contributed by atoms with E-state index in [4.69, 9.17) is 16.3 Å². The summed E-state index contributed by atoms with van der Waals surface area (Å²) in [5.41, 5.74) is 1.63. The standard InChI is InChI=1S/C29H22ClNO4/c1-2-35-24-9-5-8-23(17-24)31-26(19-12-14-22(30)15-13-19)25(28(33)29(31)34)27(32)21-11-10-18-6-3-4-7-20(18)16-21/h3-17,26,32H,2H2,1H3/b27-25-. The van der Waals surface area contributed by atoms with Gasteiger partial charge in [0.25, 0.3) is 11.7 Å². The van der Waals surface area contributed by atoms with Crippen LogP contribution in [-0.4, -0.2) is 23.4 Å². The lowest BCUT2D eigenvalue weighted by atomic mass is 9.94. The second-order valence-corrected chi connectivity index (χ2v) is 8.65. The fraction of sp³-hybridized carbons (Fsp3) is 0.103. The predicted octanol–water partition coefficient (Wildman–Crippen LogP) is 6.52. The van der Waals surface area contributed by atoms with Crippen molar-refractivity contribution < 1.29 is 19.4 Å². The number of ketones is 1. The number of rotatable bonds is 5. The van der Waals surface area contributed by atoms with Gasteiger partial charge in [-0.2, -0.15) is 0 Å². The molecule has 0 radical (unpaired) electrons. The molecule has 6 heteroatoms. The summed E-state index contributed by atoms with van der Waals surface area (Å²) in [7, 11) is 0. The Morgan fingerprint density at radius 1 is 0.914 bits per heavy atom. The lowest BCUT2D eigenvalue weighted by Crippen LogP contribution is -2.29. The van der Waals surface area contributed by atoms with Gasteiger partial charge in [-0.15, -0.1) is 0 Å². The number of hydrogen-bond donors (Lipinski definition) is 1. The molecule has 35 heavy (non-hydrogen) atoms. The Morgan fingerprint density at radius 2 is 1.66 bits per heavy atom. The van der Waals surface area contributed by atoms with Gasteiger partial charge < -0.3 is 9.84 Å². The van der Waals surface area contributed by atoms with E-state index in [9.17, 15) is 14.7 Å². The van der Waals surface area contributed by atoms with Crippen molar-refractivity contribution in [3.63, 3.8) is 0 Å². The van der Waals surface area contributed by atoms with Crippen LogP contribution < -0.4 is 9.64 Å². The van der Waals surface area contributed by atoms with Crippen molar-refractivity contribution in [1.29, 1.82) is 0 Å². The number of benzene rings is 4. The van der Waals surface area contributed by atoms with Crippen LogP contribution in [0.3, 0.4) is 0 Å². The third-order valence-electron chi connectivity index (χ3n) is 6.06. The van der Waals surface area contributed by atoms with Gasteiger partial charge in [0.1, 0.15) is 11.5 Å². The number of hydrogen-bond acceptors (Lipinski definition) is 4. The van der Waals surface area contributed by atoms with Gasteiger partial charge in [-0.3, -0.25) is 14.5 Å². The van der Waals surface area contributed by atoms with Gasteiger partial charge in [0.15, 0.2) is 0 Å². The van der Waals surface area contributed by atoms with Crippen LogP contribution in [-0.2, 0) is 9.59 Å².